The molecule has 3 heterocycles. The van der Waals surface area contributed by atoms with Crippen LogP contribution >= 0.6 is 11.3 Å². The maximum atomic E-state index is 11.7. The number of piperidine rings is 1. The number of nitrogens with zero attached hydrogens (tertiary/aromatic N) is 3. The Balaban J connectivity index is 1.58. The number of carbonyl (C=O) groups excluding carboxylic acids is 1. The first kappa shape index (κ1) is 19.1. The lowest BCUT2D eigenvalue weighted by atomic mass is 10.1. The fourth-order valence-electron chi connectivity index (χ4n) is 3.45. The summed E-state index contributed by atoms with van der Waals surface area (Å²) >= 11 is 1.52. The van der Waals surface area contributed by atoms with Crippen molar-refractivity contribution in [2.75, 3.05) is 31.1 Å². The van der Waals surface area contributed by atoms with Gasteiger partial charge in [-0.25, -0.2) is 4.98 Å². The molecule has 1 aliphatic heterocycles. The van der Waals surface area contributed by atoms with E-state index >= 15 is 0 Å². The lowest BCUT2D eigenvalue weighted by molar-refractivity contribution is -0.116. The molecule has 1 atom stereocenters. The van der Waals surface area contributed by atoms with E-state index in [2.05, 4.69) is 21.3 Å². The summed E-state index contributed by atoms with van der Waals surface area (Å²) in [6, 6.07) is 4.28. The van der Waals surface area contributed by atoms with Crippen molar-refractivity contribution in [1.82, 2.24) is 15.2 Å². The highest BCUT2D eigenvalue weighted by Gasteiger charge is 2.24. The van der Waals surface area contributed by atoms with Crippen molar-refractivity contribution in [1.29, 1.82) is 0 Å². The van der Waals surface area contributed by atoms with E-state index in [-0.39, 0.29) is 11.9 Å². The third-order valence-corrected chi connectivity index (χ3v) is 5.73. The lowest BCUT2D eigenvalue weighted by Gasteiger charge is -2.33. The maximum absolute atomic E-state index is 11.7. The first-order chi connectivity index (χ1) is 12.7. The van der Waals surface area contributed by atoms with E-state index in [1.165, 1.54) is 30.6 Å². The van der Waals surface area contributed by atoms with Crippen LogP contribution in [-0.4, -0.2) is 42.0 Å². The van der Waals surface area contributed by atoms with Crippen LogP contribution in [0.5, 0.6) is 0 Å². The Morgan fingerprint density at radius 1 is 1.42 bits per heavy atom. The molecule has 1 amide bonds. The number of furan rings is 1. The van der Waals surface area contributed by atoms with Crippen molar-refractivity contribution in [3.05, 3.63) is 35.2 Å². The van der Waals surface area contributed by atoms with Crippen LogP contribution in [0.15, 0.2) is 28.2 Å². The summed E-state index contributed by atoms with van der Waals surface area (Å²) in [7, 11) is 0. The van der Waals surface area contributed by atoms with Crippen LogP contribution in [-0.2, 0) is 11.3 Å². The SMILES string of the molecule is CCN(C(C)=O)c1nc(CNCC(c2ccco2)N2CCCCC2)cs1. The molecule has 0 spiro atoms. The third-order valence-electron chi connectivity index (χ3n) is 4.81. The summed E-state index contributed by atoms with van der Waals surface area (Å²) in [5, 5.41) is 6.32. The van der Waals surface area contributed by atoms with Crippen molar-refractivity contribution >= 4 is 22.4 Å². The number of carbonyl (C=O) groups is 1. The molecule has 26 heavy (non-hydrogen) atoms. The minimum Gasteiger partial charge on any atom is -0.468 e. The van der Waals surface area contributed by atoms with Gasteiger partial charge in [-0.15, -0.1) is 11.3 Å². The number of thiazole rings is 1. The molecule has 0 bridgehead atoms. The molecule has 0 aromatic carbocycles. The summed E-state index contributed by atoms with van der Waals surface area (Å²) < 4.78 is 5.69. The largest absolute Gasteiger partial charge is 0.468 e. The minimum absolute atomic E-state index is 0.0318. The molecule has 0 saturated carbocycles. The third kappa shape index (κ3) is 4.72. The lowest BCUT2D eigenvalue weighted by Crippen LogP contribution is -2.38. The summed E-state index contributed by atoms with van der Waals surface area (Å²) in [4.78, 5) is 20.5. The molecule has 2 aromatic heterocycles. The van der Waals surface area contributed by atoms with Gasteiger partial charge in [-0.3, -0.25) is 14.6 Å². The van der Waals surface area contributed by atoms with Gasteiger partial charge in [-0.05, 0) is 45.0 Å². The monoisotopic (exact) mass is 376 g/mol. The van der Waals surface area contributed by atoms with Crippen LogP contribution < -0.4 is 10.2 Å². The zero-order chi connectivity index (χ0) is 18.4. The topological polar surface area (TPSA) is 61.6 Å². The average Bonchev–Trinajstić information content (AvgIpc) is 3.32. The molecule has 142 valence electrons. The van der Waals surface area contributed by atoms with Crippen molar-refractivity contribution < 1.29 is 9.21 Å². The van der Waals surface area contributed by atoms with Gasteiger partial charge in [0.15, 0.2) is 5.13 Å². The number of rotatable bonds is 8. The first-order valence-electron chi connectivity index (χ1n) is 9.39. The Labute approximate surface area is 159 Å². The molecule has 3 rings (SSSR count). The number of nitrogens with one attached hydrogen (secondary N) is 1. The summed E-state index contributed by atoms with van der Waals surface area (Å²) in [5.74, 6) is 1.05. The molecule has 2 aromatic rings. The molecule has 1 aliphatic rings. The summed E-state index contributed by atoms with van der Waals surface area (Å²) in [6.45, 7) is 7.95. The van der Waals surface area contributed by atoms with Gasteiger partial charge < -0.3 is 9.73 Å². The maximum Gasteiger partial charge on any atom is 0.225 e. The second kappa shape index (κ2) is 9.30. The van der Waals surface area contributed by atoms with Crippen LogP contribution in [0.4, 0.5) is 5.13 Å². The van der Waals surface area contributed by atoms with E-state index in [0.717, 1.165) is 36.2 Å². The zero-order valence-electron chi connectivity index (χ0n) is 15.6. The van der Waals surface area contributed by atoms with Crippen LogP contribution in [0, 0.1) is 0 Å². The van der Waals surface area contributed by atoms with Crippen LogP contribution in [0.2, 0.25) is 0 Å². The molecule has 1 N–H and O–H groups in total. The Hall–Kier alpha value is -1.70. The van der Waals surface area contributed by atoms with Crippen molar-refractivity contribution in [2.24, 2.45) is 0 Å². The number of anilines is 1. The predicted octanol–water partition coefficient (Wildman–Crippen LogP) is 3.43. The van der Waals surface area contributed by atoms with Gasteiger partial charge in [0, 0.05) is 31.9 Å². The van der Waals surface area contributed by atoms with Gasteiger partial charge in [0.25, 0.3) is 0 Å². The Morgan fingerprint density at radius 3 is 2.88 bits per heavy atom. The number of aromatic nitrogens is 1. The van der Waals surface area contributed by atoms with Gasteiger partial charge in [-0.2, -0.15) is 0 Å². The number of hydrogen-bond acceptors (Lipinski definition) is 6. The highest BCUT2D eigenvalue weighted by molar-refractivity contribution is 7.14. The van der Waals surface area contributed by atoms with Crippen LogP contribution in [0.1, 0.15) is 50.6 Å². The molecular formula is C19H28N4O2S. The number of hydrogen-bond donors (Lipinski definition) is 1. The molecule has 0 aliphatic carbocycles. The quantitative estimate of drug-likeness (QED) is 0.765. The van der Waals surface area contributed by atoms with Gasteiger partial charge in [-0.1, -0.05) is 6.42 Å². The van der Waals surface area contributed by atoms with Crippen molar-refractivity contribution in [2.45, 2.75) is 45.7 Å². The van der Waals surface area contributed by atoms with E-state index in [9.17, 15) is 4.79 Å². The van der Waals surface area contributed by atoms with Gasteiger partial charge in [0.1, 0.15) is 5.76 Å². The van der Waals surface area contributed by atoms with Crippen LogP contribution in [0.3, 0.4) is 0 Å². The normalized spacial score (nSPS) is 16.5. The highest BCUT2D eigenvalue weighted by atomic mass is 32.1. The first-order valence-corrected chi connectivity index (χ1v) is 10.3. The highest BCUT2D eigenvalue weighted by Crippen LogP contribution is 2.25. The summed E-state index contributed by atoms with van der Waals surface area (Å²) in [6.07, 6.45) is 5.58. The van der Waals surface area contributed by atoms with Gasteiger partial charge in [0.05, 0.1) is 18.0 Å². The zero-order valence-corrected chi connectivity index (χ0v) is 16.4. The van der Waals surface area contributed by atoms with Crippen LogP contribution in [0.25, 0.3) is 0 Å². The number of likely N-dealkylation sites (tertiary alicyclic amines) is 1. The fraction of sp³-hybridized carbons (Fsp3) is 0.579. The smallest absolute Gasteiger partial charge is 0.225 e. The molecule has 1 saturated heterocycles. The van der Waals surface area contributed by atoms with Gasteiger partial charge >= 0.3 is 0 Å². The van der Waals surface area contributed by atoms with Gasteiger partial charge in [0.2, 0.25) is 5.91 Å². The molecular weight excluding hydrogens is 348 g/mol. The minimum atomic E-state index is 0.0318. The second-order valence-electron chi connectivity index (χ2n) is 6.64. The van der Waals surface area contributed by atoms with E-state index in [4.69, 9.17) is 4.42 Å². The molecule has 1 fully saturated rings. The van der Waals surface area contributed by atoms with Crippen molar-refractivity contribution in [3.8, 4) is 0 Å². The Morgan fingerprint density at radius 2 is 2.23 bits per heavy atom. The van der Waals surface area contributed by atoms with E-state index in [1.807, 2.05) is 18.4 Å². The van der Waals surface area contributed by atoms with E-state index in [1.54, 1.807) is 18.1 Å². The average molecular weight is 377 g/mol. The van der Waals surface area contributed by atoms with E-state index < -0.39 is 0 Å². The molecule has 6 nitrogen and oxygen atoms in total. The summed E-state index contributed by atoms with van der Waals surface area (Å²) in [5.41, 5.74) is 0.974. The molecule has 1 unspecified atom stereocenters. The molecule has 0 radical (unpaired) electrons. The predicted molar refractivity (Wildman–Crippen MR) is 104 cm³/mol. The molecule has 7 heteroatoms. The Kier molecular flexibility index (Phi) is 6.82. The second-order valence-corrected chi connectivity index (χ2v) is 7.48. The standard InChI is InChI=1S/C19H28N4O2S/c1-3-23(15(2)24)19-21-16(14-26-19)12-20-13-17(18-8-7-11-25-18)22-9-5-4-6-10-22/h7-8,11,14,17,20H,3-6,9-10,12-13H2,1-2H3. The number of amides is 1. The Bertz CT molecular complexity index is 680. The van der Waals surface area contributed by atoms with Crippen molar-refractivity contribution in [3.63, 3.8) is 0 Å². The fourth-order valence-corrected chi connectivity index (χ4v) is 4.38. The van der Waals surface area contributed by atoms with E-state index in [0.29, 0.717) is 13.1 Å².